The molecule has 0 saturated heterocycles. The fourth-order valence-corrected chi connectivity index (χ4v) is 8.18. The summed E-state index contributed by atoms with van der Waals surface area (Å²) in [5, 5.41) is 26.1. The molecule has 0 radical (unpaired) electrons. The first kappa shape index (κ1) is 44.6. The van der Waals surface area contributed by atoms with Crippen LogP contribution in [-0.2, 0) is 54.4 Å². The number of aromatic nitrogens is 1. The Morgan fingerprint density at radius 2 is 1.56 bits per heavy atom. The Labute approximate surface area is 338 Å². The molecule has 2 amide bonds. The summed E-state index contributed by atoms with van der Waals surface area (Å²) < 4.78 is 11.9. The number of aliphatic carboxylic acids is 2. The van der Waals surface area contributed by atoms with Gasteiger partial charge in [0, 0.05) is 52.7 Å². The van der Waals surface area contributed by atoms with E-state index in [4.69, 9.17) is 31.5 Å². The molecule has 0 aliphatic heterocycles. The molecule has 5 N–H and O–H groups in total. The monoisotopic (exact) mass is 893 g/mol. The third kappa shape index (κ3) is 12.9. The van der Waals surface area contributed by atoms with Crippen LogP contribution in [-0.4, -0.2) is 64.2 Å². The number of nitrogens with two attached hydrogens (primary N) is 1. The molecular weight excluding hydrogens is 858 g/mol. The van der Waals surface area contributed by atoms with Crippen LogP contribution >= 0.6 is 35.2 Å². The first-order valence-electron chi connectivity index (χ1n) is 16.5. The number of carbonyl (C=O) groups excluding carboxylic acids is 3. The van der Waals surface area contributed by atoms with Crippen molar-refractivity contribution >= 4 is 70.1 Å². The minimum absolute atomic E-state index is 0. The quantitative estimate of drug-likeness (QED) is 0.0680. The number of primary amides is 1. The number of carboxylic acid groups (broad SMARTS) is 2. The number of hydrogen-bond donors (Lipinski definition) is 4. The van der Waals surface area contributed by atoms with Gasteiger partial charge in [-0.1, -0.05) is 69.1 Å². The first-order chi connectivity index (χ1) is 25.2. The van der Waals surface area contributed by atoms with Crippen molar-refractivity contribution in [3.8, 4) is 22.4 Å². The van der Waals surface area contributed by atoms with Crippen LogP contribution in [0.25, 0.3) is 22.4 Å². The third-order valence-corrected chi connectivity index (χ3v) is 12.0. The second-order valence-corrected chi connectivity index (χ2v) is 16.3. The smallest absolute Gasteiger partial charge is 0.651 e. The number of amides is 2. The van der Waals surface area contributed by atoms with Crippen LogP contribution in [0.3, 0.4) is 0 Å². The van der Waals surface area contributed by atoms with Crippen molar-refractivity contribution < 1.29 is 67.6 Å². The van der Waals surface area contributed by atoms with Crippen LogP contribution in [0.5, 0.6) is 0 Å². The molecule has 1 unspecified atom stereocenters. The second kappa shape index (κ2) is 20.7. The van der Waals surface area contributed by atoms with E-state index in [1.165, 1.54) is 7.11 Å². The Morgan fingerprint density at radius 1 is 0.926 bits per heavy atom. The summed E-state index contributed by atoms with van der Waals surface area (Å²) in [7, 11) is -2.45. The molecule has 3 aromatic carbocycles. The molecule has 0 saturated carbocycles. The Balaban J connectivity index is 0.00000784. The van der Waals surface area contributed by atoms with Gasteiger partial charge in [-0.3, -0.25) is 24.0 Å². The van der Waals surface area contributed by atoms with Gasteiger partial charge in [0.25, 0.3) is 0 Å². The van der Waals surface area contributed by atoms with E-state index in [0.29, 0.717) is 16.0 Å². The standard InChI is InChI=1S/C37H38BrClN3O10P.Zn/c1-51-53(50,30-12-10-27(38)11-13-30)21-26(37(49)41-31(14-16-35(46)47)33(43)19-25(36(40)48)9-15-34(44)45)18-29-20-32(42-52-29)23-7-5-22(6-8-23)24-3-2-4-28(39)17-24;/h2-8,10-13,17,20,25-26,31H,9,14-16,18-19,21H2,1H3,(H2,40,48)(H,41,49)(H,44,45)(H,46,47);/q;+2/t25-,26-,31+,53?;/m1./s1. The number of nitrogens with zero attached hydrogens (tertiary/aromatic N) is 1. The molecule has 4 aromatic rings. The van der Waals surface area contributed by atoms with Crippen molar-refractivity contribution in [3.63, 3.8) is 0 Å². The maximum Gasteiger partial charge on any atom is 2.00 e. The maximum atomic E-state index is 14.3. The van der Waals surface area contributed by atoms with Crippen molar-refractivity contribution in [1.29, 1.82) is 0 Å². The number of halogens is 2. The molecule has 0 aliphatic rings. The van der Waals surface area contributed by atoms with Crippen LogP contribution in [0, 0.1) is 11.8 Å². The number of ketones is 1. The third-order valence-electron chi connectivity index (χ3n) is 8.60. The predicted octanol–water partition coefficient (Wildman–Crippen LogP) is 5.04. The van der Waals surface area contributed by atoms with Crippen LogP contribution in [0.2, 0.25) is 5.02 Å². The fourth-order valence-electron chi connectivity index (χ4n) is 5.67. The van der Waals surface area contributed by atoms with E-state index in [-0.39, 0.29) is 50.7 Å². The Hall–Kier alpha value is -3.84. The van der Waals surface area contributed by atoms with Gasteiger partial charge in [-0.15, -0.1) is 0 Å². The van der Waals surface area contributed by atoms with E-state index in [1.807, 2.05) is 42.5 Å². The van der Waals surface area contributed by atoms with Crippen LogP contribution in [0.4, 0.5) is 0 Å². The van der Waals surface area contributed by atoms with Gasteiger partial charge in [-0.25, -0.2) is 4.52 Å². The number of hydrogen-bond acceptors (Lipinski definition) is 9. The zero-order valence-electron chi connectivity index (χ0n) is 29.3. The van der Waals surface area contributed by atoms with Crippen LogP contribution in [0.15, 0.2) is 87.9 Å². The molecule has 0 aliphatic carbocycles. The molecule has 1 aromatic heterocycles. The molecule has 0 bridgehead atoms. The molecule has 0 fully saturated rings. The molecule has 280 valence electrons. The number of carbonyl (C=O) groups is 5. The molecule has 1 heterocycles. The van der Waals surface area contributed by atoms with E-state index in [0.717, 1.165) is 21.2 Å². The average Bonchev–Trinajstić information content (AvgIpc) is 3.59. The summed E-state index contributed by atoms with van der Waals surface area (Å²) in [4.78, 5) is 76.4. The molecular formula is C37H38BrClN3O10PZn+2. The van der Waals surface area contributed by atoms with Crippen molar-refractivity contribution in [1.82, 2.24) is 10.5 Å². The summed E-state index contributed by atoms with van der Waals surface area (Å²) in [6, 6.07) is 21.7. The zero-order valence-corrected chi connectivity index (χ0v) is 35.5. The first-order valence-corrected chi connectivity index (χ1v) is 19.4. The van der Waals surface area contributed by atoms with Gasteiger partial charge in [0.15, 0.2) is 5.78 Å². The number of Topliss-reactive ketones (excluding diaryl/α,β-unsaturated/α-hetero) is 1. The molecule has 54 heavy (non-hydrogen) atoms. The van der Waals surface area contributed by atoms with E-state index in [9.17, 15) is 34.0 Å². The number of nitrogens with one attached hydrogen (secondary N) is 1. The molecule has 17 heteroatoms. The van der Waals surface area contributed by atoms with Gasteiger partial charge in [0.1, 0.15) is 24.5 Å². The summed E-state index contributed by atoms with van der Waals surface area (Å²) in [6.07, 6.45) is -2.47. The van der Waals surface area contributed by atoms with E-state index in [2.05, 4.69) is 26.4 Å². The fraction of sp³-hybridized carbons (Fsp3) is 0.297. The van der Waals surface area contributed by atoms with Gasteiger partial charge in [0.2, 0.25) is 11.8 Å². The summed E-state index contributed by atoms with van der Waals surface area (Å²) >= 11 is 9.50. The van der Waals surface area contributed by atoms with E-state index < -0.39 is 74.4 Å². The second-order valence-electron chi connectivity index (χ2n) is 12.4. The number of carboxylic acids is 2. The van der Waals surface area contributed by atoms with E-state index in [1.54, 1.807) is 36.4 Å². The predicted molar refractivity (Wildman–Crippen MR) is 200 cm³/mol. The minimum atomic E-state index is -3.71. The SMILES string of the molecule is CO[P+]([O-])(C[C@@H](Cc1cc(-c2ccc(-c3cccc(Cl)c3)cc2)no1)C(=O)N[C@@H](CCC(=O)O)C(=O)C[C@@H](CCC(=O)O)C(N)=O)c1ccc(Br)cc1.[Zn+2]. The van der Waals surface area contributed by atoms with Crippen molar-refractivity contribution in [2.24, 2.45) is 17.6 Å². The Bertz CT molecular complexity index is 1930. The Kier molecular flexibility index (Phi) is 17.1. The van der Waals surface area contributed by atoms with Gasteiger partial charge in [-0.05, 0) is 60.4 Å². The van der Waals surface area contributed by atoms with Gasteiger partial charge in [0.05, 0.1) is 25.2 Å². The van der Waals surface area contributed by atoms with Crippen molar-refractivity contribution in [2.75, 3.05) is 13.3 Å². The topological polar surface area (TPSA) is 222 Å². The molecule has 4 rings (SSSR count). The van der Waals surface area contributed by atoms with Gasteiger partial charge < -0.3 is 30.7 Å². The van der Waals surface area contributed by atoms with Crippen LogP contribution < -0.4 is 21.2 Å². The van der Waals surface area contributed by atoms with Crippen molar-refractivity contribution in [3.05, 3.63) is 94.1 Å². The summed E-state index contributed by atoms with van der Waals surface area (Å²) in [5.41, 5.74) is 8.47. The van der Waals surface area contributed by atoms with Gasteiger partial charge >= 0.3 is 31.4 Å². The number of rotatable bonds is 20. The summed E-state index contributed by atoms with van der Waals surface area (Å²) in [5.74, 6) is -6.84. The molecule has 0 spiro atoms. The number of benzene rings is 3. The summed E-state index contributed by atoms with van der Waals surface area (Å²) in [6.45, 7) is 0. The largest absolute Gasteiger partial charge is 2.00 e. The van der Waals surface area contributed by atoms with E-state index >= 15 is 0 Å². The molecule has 13 nitrogen and oxygen atoms in total. The van der Waals surface area contributed by atoms with Crippen molar-refractivity contribution in [2.45, 2.75) is 44.6 Å². The minimum Gasteiger partial charge on any atom is -0.651 e. The average molecular weight is 896 g/mol. The zero-order chi connectivity index (χ0) is 38.7. The Morgan fingerprint density at radius 3 is 2.15 bits per heavy atom. The molecule has 4 atom stereocenters. The van der Waals surface area contributed by atoms with Crippen LogP contribution in [0.1, 0.15) is 37.9 Å². The maximum absolute atomic E-state index is 14.3. The normalized spacial score (nSPS) is 13.8. The van der Waals surface area contributed by atoms with Gasteiger partial charge in [-0.2, -0.15) is 0 Å².